The van der Waals surface area contributed by atoms with Crippen LogP contribution in [0, 0.1) is 5.21 Å². The number of benzene rings is 1. The van der Waals surface area contributed by atoms with E-state index in [0.717, 1.165) is 12.0 Å². The van der Waals surface area contributed by atoms with E-state index in [1.807, 2.05) is 14.1 Å². The second-order valence-corrected chi connectivity index (χ2v) is 5.74. The molecule has 0 radical (unpaired) electrons. The third-order valence-corrected chi connectivity index (χ3v) is 3.89. The van der Waals surface area contributed by atoms with E-state index < -0.39 is 0 Å². The number of aryl methyl sites for hydroxylation is 1. The third kappa shape index (κ3) is 4.53. The van der Waals surface area contributed by atoms with Gasteiger partial charge in [0.05, 0.1) is 6.04 Å². The highest BCUT2D eigenvalue weighted by Crippen LogP contribution is 2.18. The Kier molecular flexibility index (Phi) is 5.71. The molecule has 5 nitrogen and oxygen atoms in total. The second kappa shape index (κ2) is 7.74. The SMILES string of the molecule is CCc1ccc(C(CNC(=O)c2ccc[n+]([O-])c2)N(C)C)cc1. The van der Waals surface area contributed by atoms with Crippen LogP contribution in [0.4, 0.5) is 0 Å². The number of aromatic nitrogens is 1. The van der Waals surface area contributed by atoms with Gasteiger partial charge in [0.15, 0.2) is 12.4 Å². The van der Waals surface area contributed by atoms with Crippen molar-refractivity contribution < 1.29 is 9.52 Å². The Labute approximate surface area is 137 Å². The summed E-state index contributed by atoms with van der Waals surface area (Å²) in [5.74, 6) is -0.243. The molecule has 0 aliphatic heterocycles. The number of hydrogen-bond donors (Lipinski definition) is 1. The standard InChI is InChI=1S/C18H23N3O2/c1-4-14-7-9-15(10-8-14)17(20(2)3)12-19-18(22)16-6-5-11-21(23)13-16/h5-11,13,17H,4,12H2,1-3H3,(H,19,22). The van der Waals surface area contributed by atoms with Crippen molar-refractivity contribution in [1.82, 2.24) is 10.2 Å². The maximum Gasteiger partial charge on any atom is 0.257 e. The van der Waals surface area contributed by atoms with Crippen LogP contribution in [-0.2, 0) is 6.42 Å². The lowest BCUT2D eigenvalue weighted by Gasteiger charge is -2.25. The number of pyridine rings is 1. The molecule has 23 heavy (non-hydrogen) atoms. The molecule has 1 heterocycles. The monoisotopic (exact) mass is 313 g/mol. The molecule has 0 fully saturated rings. The second-order valence-electron chi connectivity index (χ2n) is 5.74. The molecule has 0 bridgehead atoms. The van der Waals surface area contributed by atoms with Gasteiger partial charge in [-0.2, -0.15) is 4.73 Å². The molecular formula is C18H23N3O2. The van der Waals surface area contributed by atoms with Crippen LogP contribution < -0.4 is 10.0 Å². The molecule has 1 atom stereocenters. The minimum Gasteiger partial charge on any atom is -0.619 e. The summed E-state index contributed by atoms with van der Waals surface area (Å²) in [6.45, 7) is 2.60. The molecule has 0 saturated heterocycles. The van der Waals surface area contributed by atoms with E-state index >= 15 is 0 Å². The van der Waals surface area contributed by atoms with E-state index in [0.29, 0.717) is 16.8 Å². The van der Waals surface area contributed by atoms with E-state index in [-0.39, 0.29) is 11.9 Å². The summed E-state index contributed by atoms with van der Waals surface area (Å²) in [5.41, 5.74) is 2.81. The molecule has 2 aromatic rings. The molecule has 0 saturated carbocycles. The molecule has 1 amide bonds. The predicted octanol–water partition coefficient (Wildman–Crippen LogP) is 1.92. The number of amides is 1. The van der Waals surface area contributed by atoms with Crippen LogP contribution in [0.2, 0.25) is 0 Å². The summed E-state index contributed by atoms with van der Waals surface area (Å²) in [7, 11) is 3.97. The van der Waals surface area contributed by atoms with Crippen LogP contribution in [0.5, 0.6) is 0 Å². The van der Waals surface area contributed by atoms with E-state index in [1.54, 1.807) is 12.1 Å². The largest absolute Gasteiger partial charge is 0.619 e. The van der Waals surface area contributed by atoms with Crippen LogP contribution in [-0.4, -0.2) is 31.4 Å². The van der Waals surface area contributed by atoms with Gasteiger partial charge in [-0.15, -0.1) is 0 Å². The molecule has 1 aromatic carbocycles. The van der Waals surface area contributed by atoms with Gasteiger partial charge in [0.25, 0.3) is 5.91 Å². The number of likely N-dealkylation sites (N-methyl/N-ethyl adjacent to an activating group) is 1. The highest BCUT2D eigenvalue weighted by molar-refractivity contribution is 5.93. The fourth-order valence-electron chi connectivity index (χ4n) is 2.45. The molecule has 1 aromatic heterocycles. The highest BCUT2D eigenvalue weighted by Gasteiger charge is 2.16. The molecule has 1 unspecified atom stereocenters. The zero-order chi connectivity index (χ0) is 16.8. The normalized spacial score (nSPS) is 12.2. The zero-order valence-corrected chi connectivity index (χ0v) is 13.8. The van der Waals surface area contributed by atoms with Crippen molar-refractivity contribution in [3.05, 3.63) is 70.7 Å². The summed E-state index contributed by atoms with van der Waals surface area (Å²) in [5, 5.41) is 14.2. The van der Waals surface area contributed by atoms with E-state index in [1.165, 1.54) is 18.0 Å². The van der Waals surface area contributed by atoms with Crippen molar-refractivity contribution in [2.75, 3.05) is 20.6 Å². The van der Waals surface area contributed by atoms with Gasteiger partial charge < -0.3 is 15.4 Å². The minimum atomic E-state index is -0.243. The van der Waals surface area contributed by atoms with Gasteiger partial charge in [-0.1, -0.05) is 31.2 Å². The highest BCUT2D eigenvalue weighted by atomic mass is 16.5. The Morgan fingerprint density at radius 1 is 1.26 bits per heavy atom. The number of carbonyl (C=O) groups excluding carboxylic acids is 1. The Morgan fingerprint density at radius 3 is 2.52 bits per heavy atom. The van der Waals surface area contributed by atoms with Crippen molar-refractivity contribution >= 4 is 5.91 Å². The first kappa shape index (κ1) is 17.0. The van der Waals surface area contributed by atoms with Gasteiger partial charge >= 0.3 is 0 Å². The molecule has 1 N–H and O–H groups in total. The van der Waals surface area contributed by atoms with E-state index in [4.69, 9.17) is 0 Å². The smallest absolute Gasteiger partial charge is 0.257 e. The fraction of sp³-hybridized carbons (Fsp3) is 0.333. The molecule has 2 rings (SSSR count). The summed E-state index contributed by atoms with van der Waals surface area (Å²) in [6, 6.07) is 11.7. The number of rotatable bonds is 6. The number of nitrogens with zero attached hydrogens (tertiary/aromatic N) is 2. The van der Waals surface area contributed by atoms with E-state index in [2.05, 4.69) is 41.4 Å². The van der Waals surface area contributed by atoms with Gasteiger partial charge in [0.1, 0.15) is 5.56 Å². The first-order valence-corrected chi connectivity index (χ1v) is 7.73. The van der Waals surface area contributed by atoms with E-state index in [9.17, 15) is 10.0 Å². The van der Waals surface area contributed by atoms with Crippen molar-refractivity contribution in [2.24, 2.45) is 0 Å². The molecule has 5 heteroatoms. The van der Waals surface area contributed by atoms with Gasteiger partial charge in [-0.3, -0.25) is 4.79 Å². The Balaban J connectivity index is 2.06. The summed E-state index contributed by atoms with van der Waals surface area (Å²) >= 11 is 0. The maximum atomic E-state index is 12.2. The topological polar surface area (TPSA) is 59.3 Å². The third-order valence-electron chi connectivity index (χ3n) is 3.89. The Hall–Kier alpha value is -2.40. The molecular weight excluding hydrogens is 290 g/mol. The zero-order valence-electron chi connectivity index (χ0n) is 13.8. The van der Waals surface area contributed by atoms with Crippen molar-refractivity contribution in [1.29, 1.82) is 0 Å². The van der Waals surface area contributed by atoms with Crippen LogP contribution in [0.3, 0.4) is 0 Å². The average Bonchev–Trinajstić information content (AvgIpc) is 2.55. The van der Waals surface area contributed by atoms with Crippen LogP contribution >= 0.6 is 0 Å². The van der Waals surface area contributed by atoms with Crippen LogP contribution in [0.15, 0.2) is 48.8 Å². The molecule has 0 spiro atoms. The number of nitrogens with one attached hydrogen (secondary N) is 1. The van der Waals surface area contributed by atoms with Gasteiger partial charge in [0, 0.05) is 12.6 Å². The lowest BCUT2D eigenvalue weighted by atomic mass is 10.0. The number of carbonyl (C=O) groups is 1. The van der Waals surface area contributed by atoms with Crippen molar-refractivity contribution in [3.8, 4) is 0 Å². The average molecular weight is 313 g/mol. The summed E-state index contributed by atoms with van der Waals surface area (Å²) < 4.78 is 0.627. The molecule has 0 aliphatic rings. The van der Waals surface area contributed by atoms with Crippen LogP contribution in [0.1, 0.15) is 34.5 Å². The molecule has 0 aliphatic carbocycles. The molecule has 122 valence electrons. The Morgan fingerprint density at radius 2 is 1.96 bits per heavy atom. The first-order chi connectivity index (χ1) is 11.0. The first-order valence-electron chi connectivity index (χ1n) is 7.73. The summed E-state index contributed by atoms with van der Waals surface area (Å²) in [6.07, 6.45) is 3.64. The maximum absolute atomic E-state index is 12.2. The summed E-state index contributed by atoms with van der Waals surface area (Å²) in [4.78, 5) is 14.2. The number of hydrogen-bond acceptors (Lipinski definition) is 3. The minimum absolute atomic E-state index is 0.0768. The lowest BCUT2D eigenvalue weighted by molar-refractivity contribution is -0.605. The van der Waals surface area contributed by atoms with Gasteiger partial charge in [-0.05, 0) is 37.7 Å². The lowest BCUT2D eigenvalue weighted by Crippen LogP contribution is -2.36. The van der Waals surface area contributed by atoms with Crippen molar-refractivity contribution in [2.45, 2.75) is 19.4 Å². The fourth-order valence-corrected chi connectivity index (χ4v) is 2.45. The van der Waals surface area contributed by atoms with Gasteiger partial charge in [-0.25, -0.2) is 0 Å². The van der Waals surface area contributed by atoms with Gasteiger partial charge in [0.2, 0.25) is 0 Å². The Bertz CT molecular complexity index is 654. The van der Waals surface area contributed by atoms with Crippen LogP contribution in [0.25, 0.3) is 0 Å². The van der Waals surface area contributed by atoms with Crippen molar-refractivity contribution in [3.63, 3.8) is 0 Å². The quantitative estimate of drug-likeness (QED) is 0.655. The predicted molar refractivity (Wildman–Crippen MR) is 90.0 cm³/mol.